The van der Waals surface area contributed by atoms with Gasteiger partial charge < -0.3 is 9.63 Å². The minimum atomic E-state index is -0.838. The van der Waals surface area contributed by atoms with E-state index in [1.807, 2.05) is 0 Å². The van der Waals surface area contributed by atoms with E-state index in [9.17, 15) is 9.90 Å². The maximum Gasteiger partial charge on any atom is 0.304 e. The number of carboxylic acids is 1. The Morgan fingerprint density at radius 2 is 2.08 bits per heavy atom. The molecule has 0 aliphatic heterocycles. The highest BCUT2D eigenvalue weighted by molar-refractivity contribution is 5.68. The van der Waals surface area contributed by atoms with Crippen molar-refractivity contribution in [2.75, 3.05) is 0 Å². The number of hydrogen-bond donors (Lipinski definition) is 1. The van der Waals surface area contributed by atoms with Gasteiger partial charge in [-0.15, -0.1) is 0 Å². The molecule has 2 saturated carbocycles. The molecule has 0 spiro atoms. The number of aromatic nitrogens is 1. The molecule has 1 aromatic heterocycles. The summed E-state index contributed by atoms with van der Waals surface area (Å²) in [5.41, 5.74) is 2.01. The van der Waals surface area contributed by atoms with Crippen LogP contribution in [0.2, 0.25) is 0 Å². The topological polar surface area (TPSA) is 87.1 Å². The van der Waals surface area contributed by atoms with Gasteiger partial charge in [-0.1, -0.05) is 19.0 Å². The molecule has 5 nitrogen and oxygen atoms in total. The van der Waals surface area contributed by atoms with Crippen LogP contribution < -0.4 is 0 Å². The molecule has 1 heterocycles. The maximum absolute atomic E-state index is 11.3. The van der Waals surface area contributed by atoms with Crippen molar-refractivity contribution in [2.45, 2.75) is 83.0 Å². The summed E-state index contributed by atoms with van der Waals surface area (Å²) >= 11 is 0. The van der Waals surface area contributed by atoms with Crippen LogP contribution in [0.5, 0.6) is 0 Å². The summed E-state index contributed by atoms with van der Waals surface area (Å²) in [6.07, 6.45) is 6.78. The van der Waals surface area contributed by atoms with Crippen molar-refractivity contribution in [2.24, 2.45) is 11.8 Å². The van der Waals surface area contributed by atoms with Crippen molar-refractivity contribution < 1.29 is 14.4 Å². The number of carbonyl (C=O) groups is 1. The van der Waals surface area contributed by atoms with Gasteiger partial charge in [0.2, 0.25) is 0 Å². The number of rotatable bonds is 9. The van der Waals surface area contributed by atoms with Crippen LogP contribution in [0.15, 0.2) is 4.52 Å². The highest BCUT2D eigenvalue weighted by atomic mass is 16.5. The summed E-state index contributed by atoms with van der Waals surface area (Å²) in [4.78, 5) is 11.3. The first-order valence-electron chi connectivity index (χ1n) is 9.57. The van der Waals surface area contributed by atoms with Crippen LogP contribution in [0.4, 0.5) is 0 Å². The molecule has 1 aromatic rings. The molecule has 0 radical (unpaired) electrons. The summed E-state index contributed by atoms with van der Waals surface area (Å²) in [5.74, 6) is 2.40. The first-order chi connectivity index (χ1) is 12.0. The third kappa shape index (κ3) is 4.23. The summed E-state index contributed by atoms with van der Waals surface area (Å²) in [6.45, 7) is 4.53. The Hall–Kier alpha value is -1.83. The van der Waals surface area contributed by atoms with Crippen LogP contribution >= 0.6 is 0 Å². The number of carboxylic acid groups (broad SMARTS) is 1. The first kappa shape index (κ1) is 18.0. The highest BCUT2D eigenvalue weighted by Crippen LogP contribution is 2.52. The van der Waals surface area contributed by atoms with E-state index in [1.54, 1.807) is 0 Å². The fourth-order valence-electron chi connectivity index (χ4n) is 4.29. The van der Waals surface area contributed by atoms with E-state index in [-0.39, 0.29) is 12.3 Å². The molecule has 0 unspecified atom stereocenters. The van der Waals surface area contributed by atoms with Gasteiger partial charge in [-0.25, -0.2) is 0 Å². The van der Waals surface area contributed by atoms with Gasteiger partial charge in [0.05, 0.1) is 18.2 Å². The molecule has 1 atom stereocenters. The van der Waals surface area contributed by atoms with Crippen molar-refractivity contribution in [1.29, 1.82) is 5.26 Å². The molecule has 0 aromatic carbocycles. The Morgan fingerprint density at radius 1 is 1.36 bits per heavy atom. The standard InChI is InChI=1S/C20H28N2O3/c1-12(2)8-13-9-16(10-13)20-18(14-5-6-14)19(22-25-20)15(4-3-7-21)11-17(23)24/h12-16H,3-6,8-11H2,1-2H3,(H,23,24)/t13?,15-,16?/m0/s1. The van der Waals surface area contributed by atoms with Gasteiger partial charge in [0.1, 0.15) is 5.76 Å². The molecule has 25 heavy (non-hydrogen) atoms. The van der Waals surface area contributed by atoms with Gasteiger partial charge in [0.15, 0.2) is 0 Å². The van der Waals surface area contributed by atoms with Crippen molar-refractivity contribution >= 4 is 5.97 Å². The zero-order valence-electron chi connectivity index (χ0n) is 15.2. The van der Waals surface area contributed by atoms with Crippen LogP contribution in [-0.4, -0.2) is 16.2 Å². The first-order valence-corrected chi connectivity index (χ1v) is 9.57. The van der Waals surface area contributed by atoms with Crippen molar-refractivity contribution in [3.8, 4) is 6.07 Å². The van der Waals surface area contributed by atoms with E-state index in [1.165, 1.54) is 12.0 Å². The number of aliphatic carboxylic acids is 1. The predicted octanol–water partition coefficient (Wildman–Crippen LogP) is 4.95. The van der Waals surface area contributed by atoms with E-state index in [0.29, 0.717) is 24.7 Å². The average Bonchev–Trinajstić information content (AvgIpc) is 3.25. The Balaban J connectivity index is 1.78. The van der Waals surface area contributed by atoms with Gasteiger partial charge in [-0.2, -0.15) is 5.26 Å². The lowest BCUT2D eigenvalue weighted by atomic mass is 9.69. The SMILES string of the molecule is CC(C)CC1CC(c2onc([C@@H](CCC#N)CC(=O)O)c2C2CC2)C1. The largest absolute Gasteiger partial charge is 0.481 e. The van der Waals surface area contributed by atoms with Crippen LogP contribution in [0.3, 0.4) is 0 Å². The van der Waals surface area contributed by atoms with Crippen LogP contribution in [0.25, 0.3) is 0 Å². The summed E-state index contributed by atoms with van der Waals surface area (Å²) < 4.78 is 5.77. The molecule has 0 amide bonds. The van der Waals surface area contributed by atoms with Crippen LogP contribution in [0, 0.1) is 23.2 Å². The van der Waals surface area contributed by atoms with Crippen molar-refractivity contribution in [1.82, 2.24) is 5.16 Å². The highest BCUT2D eigenvalue weighted by Gasteiger charge is 2.41. The summed E-state index contributed by atoms with van der Waals surface area (Å²) in [6, 6.07) is 2.13. The normalized spacial score (nSPS) is 23.9. The Labute approximate surface area is 149 Å². The molecular formula is C20H28N2O3. The Kier molecular flexibility index (Phi) is 5.46. The number of nitrogens with zero attached hydrogens (tertiary/aromatic N) is 2. The minimum Gasteiger partial charge on any atom is -0.481 e. The third-order valence-corrected chi connectivity index (χ3v) is 5.59. The maximum atomic E-state index is 11.3. The molecular weight excluding hydrogens is 316 g/mol. The van der Waals surface area contributed by atoms with E-state index < -0.39 is 5.97 Å². The van der Waals surface area contributed by atoms with E-state index >= 15 is 0 Å². The molecule has 136 valence electrons. The lowest BCUT2D eigenvalue weighted by molar-refractivity contribution is -0.137. The fourth-order valence-corrected chi connectivity index (χ4v) is 4.29. The smallest absolute Gasteiger partial charge is 0.304 e. The minimum absolute atomic E-state index is 0.0218. The average molecular weight is 344 g/mol. The van der Waals surface area contributed by atoms with Gasteiger partial charge in [0.25, 0.3) is 0 Å². The zero-order chi connectivity index (χ0) is 18.0. The lowest BCUT2D eigenvalue weighted by Gasteiger charge is -2.35. The Bertz CT molecular complexity index is 648. The molecule has 2 aliphatic rings. The van der Waals surface area contributed by atoms with Gasteiger partial charge >= 0.3 is 5.97 Å². The van der Waals surface area contributed by atoms with Gasteiger partial charge in [-0.3, -0.25) is 4.79 Å². The molecule has 2 aliphatic carbocycles. The van der Waals surface area contributed by atoms with Crippen molar-refractivity contribution in [3.05, 3.63) is 17.0 Å². The van der Waals surface area contributed by atoms with E-state index in [2.05, 4.69) is 25.1 Å². The van der Waals surface area contributed by atoms with Crippen LogP contribution in [0.1, 0.15) is 100.0 Å². The lowest BCUT2D eigenvalue weighted by Crippen LogP contribution is -2.23. The molecule has 5 heteroatoms. The molecule has 2 fully saturated rings. The zero-order valence-corrected chi connectivity index (χ0v) is 15.2. The monoisotopic (exact) mass is 344 g/mol. The summed E-state index contributed by atoms with van der Waals surface area (Å²) in [7, 11) is 0. The molecule has 0 bridgehead atoms. The van der Waals surface area contributed by atoms with Gasteiger partial charge in [-0.05, 0) is 56.3 Å². The molecule has 1 N–H and O–H groups in total. The second-order valence-corrected chi connectivity index (χ2v) is 8.28. The third-order valence-electron chi connectivity index (χ3n) is 5.59. The predicted molar refractivity (Wildman–Crippen MR) is 93.2 cm³/mol. The second-order valence-electron chi connectivity index (χ2n) is 8.28. The van der Waals surface area contributed by atoms with Gasteiger partial charge in [0, 0.05) is 23.8 Å². The fraction of sp³-hybridized carbons (Fsp3) is 0.750. The quantitative estimate of drug-likeness (QED) is 0.684. The van der Waals surface area contributed by atoms with E-state index in [0.717, 1.165) is 49.0 Å². The molecule has 3 rings (SSSR count). The molecule has 0 saturated heterocycles. The second kappa shape index (κ2) is 7.59. The number of nitriles is 1. The number of hydrogen-bond acceptors (Lipinski definition) is 4. The van der Waals surface area contributed by atoms with E-state index in [4.69, 9.17) is 9.78 Å². The van der Waals surface area contributed by atoms with Crippen LogP contribution in [-0.2, 0) is 4.79 Å². The Morgan fingerprint density at radius 3 is 2.64 bits per heavy atom. The van der Waals surface area contributed by atoms with Crippen molar-refractivity contribution in [3.63, 3.8) is 0 Å². The summed E-state index contributed by atoms with van der Waals surface area (Å²) in [5, 5.41) is 22.5.